The van der Waals surface area contributed by atoms with Gasteiger partial charge in [0, 0.05) is 17.5 Å². The highest BCUT2D eigenvalue weighted by Crippen LogP contribution is 2.44. The number of fused-ring (bicyclic) bond motifs is 3. The van der Waals surface area contributed by atoms with Crippen molar-refractivity contribution >= 4 is 17.7 Å². The number of aromatic hydroxyl groups is 1. The topological polar surface area (TPSA) is 99.0 Å². The molecular formula is C24H22ClNO5. The average Bonchev–Trinajstić information content (AvgIpc) is 3.08. The molecular weight excluding hydrogens is 418 g/mol. The number of phenolic OH excluding ortho intramolecular Hbond substituents is 1. The molecule has 6 nitrogen and oxygen atoms in total. The van der Waals surface area contributed by atoms with Crippen molar-refractivity contribution in [3.05, 3.63) is 88.4 Å². The predicted molar refractivity (Wildman–Crippen MR) is 117 cm³/mol. The second-order valence-corrected chi connectivity index (χ2v) is 7.90. The summed E-state index contributed by atoms with van der Waals surface area (Å²) in [4.78, 5) is 12.2. The Morgan fingerprint density at radius 2 is 1.61 bits per heavy atom. The van der Waals surface area contributed by atoms with E-state index in [4.69, 9.17) is 16.3 Å². The maximum Gasteiger partial charge on any atom is 0.407 e. The number of carbonyl (C=O) groups is 1. The number of hydrogen-bond donors (Lipinski definition) is 4. The van der Waals surface area contributed by atoms with E-state index >= 15 is 0 Å². The van der Waals surface area contributed by atoms with Crippen LogP contribution in [0, 0.1) is 0 Å². The summed E-state index contributed by atoms with van der Waals surface area (Å²) in [6.45, 7) is -0.0776. The molecule has 2 unspecified atom stereocenters. The summed E-state index contributed by atoms with van der Waals surface area (Å²) in [6.07, 6.45) is -3.33. The lowest BCUT2D eigenvalue weighted by Crippen LogP contribution is -2.36. The molecule has 3 aromatic rings. The Hall–Kier alpha value is -3.06. The smallest absolute Gasteiger partial charge is 0.407 e. The molecule has 0 bridgehead atoms. The number of carbonyl (C=O) groups excluding carboxylic acids is 1. The lowest BCUT2D eigenvalue weighted by molar-refractivity contribution is 0.0184. The normalized spacial score (nSPS) is 14.4. The average molecular weight is 440 g/mol. The first kappa shape index (κ1) is 21.2. The minimum absolute atomic E-state index is 0.0666. The second kappa shape index (κ2) is 8.98. The van der Waals surface area contributed by atoms with Crippen LogP contribution in [0.25, 0.3) is 11.1 Å². The molecule has 160 valence electrons. The molecule has 1 aliphatic carbocycles. The number of rotatable bonds is 6. The van der Waals surface area contributed by atoms with E-state index in [2.05, 4.69) is 17.4 Å². The highest BCUT2D eigenvalue weighted by Gasteiger charge is 2.29. The Morgan fingerprint density at radius 1 is 1.00 bits per heavy atom. The number of nitrogens with one attached hydrogen (secondary N) is 1. The maximum atomic E-state index is 12.2. The van der Waals surface area contributed by atoms with Gasteiger partial charge in [0.1, 0.15) is 24.6 Å². The number of ether oxygens (including phenoxy) is 1. The van der Waals surface area contributed by atoms with Crippen molar-refractivity contribution in [2.24, 2.45) is 0 Å². The van der Waals surface area contributed by atoms with Gasteiger partial charge in [-0.1, -0.05) is 60.1 Å². The van der Waals surface area contributed by atoms with Gasteiger partial charge in [0.25, 0.3) is 0 Å². The highest BCUT2D eigenvalue weighted by molar-refractivity contribution is 6.30. The molecule has 0 spiro atoms. The number of hydrogen-bond acceptors (Lipinski definition) is 5. The third-order valence-corrected chi connectivity index (χ3v) is 5.63. The van der Waals surface area contributed by atoms with Crippen molar-refractivity contribution in [3.63, 3.8) is 0 Å². The van der Waals surface area contributed by atoms with E-state index in [0.29, 0.717) is 0 Å². The Kier molecular flexibility index (Phi) is 6.13. The molecule has 2 atom stereocenters. The first-order valence-corrected chi connectivity index (χ1v) is 10.3. The molecule has 4 rings (SSSR count). The Labute approximate surface area is 184 Å². The molecule has 0 aromatic heterocycles. The van der Waals surface area contributed by atoms with E-state index in [9.17, 15) is 20.1 Å². The van der Waals surface area contributed by atoms with Crippen LogP contribution in [0.2, 0.25) is 5.02 Å². The first-order chi connectivity index (χ1) is 14.9. The van der Waals surface area contributed by atoms with E-state index in [0.717, 1.165) is 22.3 Å². The fourth-order valence-corrected chi connectivity index (χ4v) is 4.18. The fraction of sp³-hybridized carbons (Fsp3) is 0.208. The predicted octanol–water partition coefficient (Wildman–Crippen LogP) is 3.98. The van der Waals surface area contributed by atoms with Crippen molar-refractivity contribution in [2.45, 2.75) is 18.1 Å². The van der Waals surface area contributed by atoms with Gasteiger partial charge in [0.15, 0.2) is 0 Å². The molecule has 0 saturated heterocycles. The van der Waals surface area contributed by atoms with E-state index < -0.39 is 18.3 Å². The molecule has 0 saturated carbocycles. The van der Waals surface area contributed by atoms with Gasteiger partial charge in [-0.25, -0.2) is 4.79 Å². The van der Waals surface area contributed by atoms with Crippen LogP contribution in [0.5, 0.6) is 5.75 Å². The lowest BCUT2D eigenvalue weighted by atomic mass is 9.98. The van der Waals surface area contributed by atoms with Gasteiger partial charge >= 0.3 is 6.09 Å². The number of phenols is 1. The van der Waals surface area contributed by atoms with Crippen LogP contribution in [0.15, 0.2) is 66.7 Å². The second-order valence-electron chi connectivity index (χ2n) is 7.46. The minimum Gasteiger partial charge on any atom is -0.508 e. The zero-order valence-electron chi connectivity index (χ0n) is 16.5. The monoisotopic (exact) mass is 439 g/mol. The molecule has 1 amide bonds. The third kappa shape index (κ3) is 4.51. The number of halogens is 1. The molecule has 1 aliphatic rings. The van der Waals surface area contributed by atoms with Gasteiger partial charge in [-0.15, -0.1) is 0 Å². The molecule has 0 aliphatic heterocycles. The summed E-state index contributed by atoms with van der Waals surface area (Å²) in [5.41, 5.74) is 4.72. The van der Waals surface area contributed by atoms with Crippen LogP contribution in [-0.2, 0) is 4.74 Å². The molecule has 31 heavy (non-hydrogen) atoms. The van der Waals surface area contributed by atoms with Crippen LogP contribution in [0.4, 0.5) is 4.79 Å². The molecule has 0 radical (unpaired) electrons. The largest absolute Gasteiger partial charge is 0.508 e. The number of aliphatic hydroxyl groups excluding tert-OH is 2. The summed E-state index contributed by atoms with van der Waals surface area (Å²) in [7, 11) is 0. The zero-order chi connectivity index (χ0) is 22.0. The van der Waals surface area contributed by atoms with Crippen molar-refractivity contribution in [3.8, 4) is 16.9 Å². The first-order valence-electron chi connectivity index (χ1n) is 9.88. The maximum absolute atomic E-state index is 12.2. The summed E-state index contributed by atoms with van der Waals surface area (Å²) in [5, 5.41) is 32.7. The Bertz CT molecular complexity index is 1040. The quantitative estimate of drug-likeness (QED) is 0.465. The Balaban J connectivity index is 1.35. The molecule has 4 N–H and O–H groups in total. The van der Waals surface area contributed by atoms with Crippen molar-refractivity contribution in [2.75, 3.05) is 13.2 Å². The van der Waals surface area contributed by atoms with E-state index in [-0.39, 0.29) is 35.4 Å². The van der Waals surface area contributed by atoms with Crippen molar-refractivity contribution in [1.29, 1.82) is 0 Å². The summed E-state index contributed by atoms with van der Waals surface area (Å²) in [5.74, 6) is -0.193. The van der Waals surface area contributed by atoms with E-state index in [1.165, 1.54) is 18.2 Å². The number of amides is 1. The van der Waals surface area contributed by atoms with E-state index in [1.807, 2.05) is 36.4 Å². The third-order valence-electron chi connectivity index (χ3n) is 5.41. The highest BCUT2D eigenvalue weighted by atomic mass is 35.5. The van der Waals surface area contributed by atoms with Gasteiger partial charge in [-0.3, -0.25) is 0 Å². The van der Waals surface area contributed by atoms with Crippen LogP contribution in [0.3, 0.4) is 0 Å². The molecule has 0 heterocycles. The summed E-state index contributed by atoms with van der Waals surface area (Å²) < 4.78 is 5.41. The standard InChI is InChI=1S/C24H22ClNO5/c25-15-9-14(10-16(27)11-15)23(29)22(28)12-26-24(30)31-13-21-19-7-3-1-5-17(19)18-6-2-4-8-20(18)21/h1-11,21-23,27-29H,12-13H2,(H,26,30). The molecule has 3 aromatic carbocycles. The molecule has 7 heteroatoms. The van der Waals surface area contributed by atoms with Crippen molar-refractivity contribution < 1.29 is 24.9 Å². The van der Waals surface area contributed by atoms with Gasteiger partial charge < -0.3 is 25.4 Å². The van der Waals surface area contributed by atoms with Crippen molar-refractivity contribution in [1.82, 2.24) is 5.32 Å². The number of benzene rings is 3. The SMILES string of the molecule is O=C(NCC(O)C(O)c1cc(O)cc(Cl)c1)OCC1c2ccccc2-c2ccccc21. The Morgan fingerprint density at radius 3 is 2.23 bits per heavy atom. The van der Waals surface area contributed by atoms with Crippen LogP contribution in [0.1, 0.15) is 28.7 Å². The van der Waals surface area contributed by atoms with Gasteiger partial charge in [-0.2, -0.15) is 0 Å². The van der Waals surface area contributed by atoms with Gasteiger partial charge in [-0.05, 0) is 46.0 Å². The number of alkyl carbamates (subject to hydrolysis) is 1. The summed E-state index contributed by atoms with van der Waals surface area (Å²) in [6, 6.07) is 20.1. The van der Waals surface area contributed by atoms with E-state index in [1.54, 1.807) is 0 Å². The van der Waals surface area contributed by atoms with Crippen LogP contribution >= 0.6 is 11.6 Å². The van der Waals surface area contributed by atoms with Gasteiger partial charge in [0.05, 0.1) is 0 Å². The lowest BCUT2D eigenvalue weighted by Gasteiger charge is -2.19. The van der Waals surface area contributed by atoms with Crippen LogP contribution < -0.4 is 5.32 Å². The fourth-order valence-electron chi connectivity index (χ4n) is 3.94. The van der Waals surface area contributed by atoms with Gasteiger partial charge in [0.2, 0.25) is 0 Å². The minimum atomic E-state index is -1.33. The number of aliphatic hydroxyl groups is 2. The zero-order valence-corrected chi connectivity index (χ0v) is 17.3. The molecule has 0 fully saturated rings. The summed E-state index contributed by atoms with van der Waals surface area (Å²) >= 11 is 5.86. The van der Waals surface area contributed by atoms with Crippen LogP contribution in [-0.4, -0.2) is 40.7 Å².